The number of benzene rings is 1. The highest BCUT2D eigenvalue weighted by molar-refractivity contribution is 6.74. The molecule has 0 saturated carbocycles. The number of fused-ring (bicyclic) bond motifs is 1. The van der Waals surface area contributed by atoms with Crippen molar-refractivity contribution >= 4 is 14.5 Å². The minimum Gasteiger partial charge on any atom is -0.411 e. The number of oxime groups is 1. The first-order valence-corrected chi connectivity index (χ1v) is 10.1. The van der Waals surface area contributed by atoms with Crippen molar-refractivity contribution in [3.63, 3.8) is 0 Å². The zero-order valence-corrected chi connectivity index (χ0v) is 14.1. The van der Waals surface area contributed by atoms with Crippen molar-refractivity contribution in [2.45, 2.75) is 57.8 Å². The smallest absolute Gasteiger partial charge is 0.192 e. The summed E-state index contributed by atoms with van der Waals surface area (Å²) in [4.78, 5) is 0. The number of hydrogen-bond donors (Lipinski definition) is 1. The van der Waals surface area contributed by atoms with E-state index in [0.29, 0.717) is 0 Å². The van der Waals surface area contributed by atoms with E-state index >= 15 is 0 Å². The van der Waals surface area contributed by atoms with Gasteiger partial charge in [0.2, 0.25) is 0 Å². The summed E-state index contributed by atoms with van der Waals surface area (Å²) in [5, 5.41) is 11.9. The van der Waals surface area contributed by atoms with Gasteiger partial charge in [-0.05, 0) is 53.7 Å². The minimum absolute atomic E-state index is 0.228. The maximum atomic E-state index is 8.61. The average molecular weight is 291 g/mol. The van der Waals surface area contributed by atoms with Gasteiger partial charge in [0.1, 0.15) is 0 Å². The lowest BCUT2D eigenvalue weighted by atomic mass is 10.1. The molecule has 110 valence electrons. The summed E-state index contributed by atoms with van der Waals surface area (Å²) in [7, 11) is -1.73. The molecule has 0 radical (unpaired) electrons. The molecule has 1 unspecified atom stereocenters. The van der Waals surface area contributed by atoms with E-state index in [4.69, 9.17) is 9.63 Å². The van der Waals surface area contributed by atoms with Crippen molar-refractivity contribution in [2.75, 3.05) is 0 Å². The summed E-state index contributed by atoms with van der Waals surface area (Å²) in [5.74, 6) is 0. The van der Waals surface area contributed by atoms with Gasteiger partial charge in [0.15, 0.2) is 8.32 Å². The third kappa shape index (κ3) is 2.96. The lowest BCUT2D eigenvalue weighted by molar-refractivity contribution is 0.185. The quantitative estimate of drug-likeness (QED) is 0.385. The second-order valence-electron chi connectivity index (χ2n) is 7.11. The summed E-state index contributed by atoms with van der Waals surface area (Å²) in [5.41, 5.74) is 3.58. The molecule has 0 saturated heterocycles. The maximum absolute atomic E-state index is 8.61. The first-order chi connectivity index (χ1) is 9.24. The first kappa shape index (κ1) is 15.3. The molecule has 0 bridgehead atoms. The van der Waals surface area contributed by atoms with E-state index in [-0.39, 0.29) is 11.1 Å². The molecule has 0 fully saturated rings. The molecule has 1 aliphatic rings. The van der Waals surface area contributed by atoms with Crippen LogP contribution in [-0.4, -0.2) is 19.7 Å². The Morgan fingerprint density at radius 3 is 2.65 bits per heavy atom. The van der Waals surface area contributed by atoms with E-state index in [9.17, 15) is 0 Å². The van der Waals surface area contributed by atoms with Gasteiger partial charge in [-0.2, -0.15) is 0 Å². The van der Waals surface area contributed by atoms with Crippen molar-refractivity contribution in [1.82, 2.24) is 0 Å². The van der Waals surface area contributed by atoms with Crippen LogP contribution in [0.2, 0.25) is 18.1 Å². The molecule has 1 aromatic carbocycles. The largest absolute Gasteiger partial charge is 0.411 e. The standard InChI is InChI=1S/C16H25NO2Si/c1-16(2,3)20(4,5)19-15-9-7-13-10-12(11-17-18)6-8-14(13)15/h6,8,10-11,15,18H,7,9H2,1-5H3/b17-11+. The van der Waals surface area contributed by atoms with Crippen molar-refractivity contribution in [2.24, 2.45) is 5.16 Å². The van der Waals surface area contributed by atoms with Crippen LogP contribution in [0.3, 0.4) is 0 Å². The van der Waals surface area contributed by atoms with Gasteiger partial charge >= 0.3 is 0 Å². The molecule has 0 amide bonds. The second-order valence-corrected chi connectivity index (χ2v) is 11.9. The molecule has 1 atom stereocenters. The van der Waals surface area contributed by atoms with Crippen LogP contribution >= 0.6 is 0 Å². The lowest BCUT2D eigenvalue weighted by Crippen LogP contribution is -2.41. The fraction of sp³-hybridized carbons (Fsp3) is 0.562. The average Bonchev–Trinajstić information content (AvgIpc) is 2.70. The van der Waals surface area contributed by atoms with Gasteiger partial charge in [-0.15, -0.1) is 0 Å². The normalized spacial score (nSPS) is 19.6. The van der Waals surface area contributed by atoms with Gasteiger partial charge in [-0.3, -0.25) is 0 Å². The van der Waals surface area contributed by atoms with E-state index in [1.807, 2.05) is 6.07 Å². The van der Waals surface area contributed by atoms with Gasteiger partial charge in [0, 0.05) is 0 Å². The zero-order chi connectivity index (χ0) is 15.0. The topological polar surface area (TPSA) is 41.8 Å². The molecule has 0 heterocycles. The van der Waals surface area contributed by atoms with Crippen LogP contribution in [0.25, 0.3) is 0 Å². The van der Waals surface area contributed by atoms with Gasteiger partial charge in [0.25, 0.3) is 0 Å². The van der Waals surface area contributed by atoms with Crippen molar-refractivity contribution in [3.05, 3.63) is 34.9 Å². The molecular formula is C16H25NO2Si. The van der Waals surface area contributed by atoms with Gasteiger partial charge in [0.05, 0.1) is 12.3 Å². The van der Waals surface area contributed by atoms with Crippen LogP contribution in [0.1, 0.15) is 50.0 Å². The Morgan fingerprint density at radius 1 is 1.35 bits per heavy atom. The summed E-state index contributed by atoms with van der Waals surface area (Å²) in [6.45, 7) is 11.4. The molecule has 1 aliphatic carbocycles. The fourth-order valence-corrected chi connectivity index (χ4v) is 3.71. The molecule has 0 spiro atoms. The molecule has 1 N–H and O–H groups in total. The van der Waals surface area contributed by atoms with Crippen LogP contribution in [0.5, 0.6) is 0 Å². The van der Waals surface area contributed by atoms with E-state index in [1.165, 1.54) is 17.3 Å². The molecule has 0 aromatic heterocycles. The Hall–Kier alpha value is -1.13. The van der Waals surface area contributed by atoms with E-state index < -0.39 is 8.32 Å². The Balaban J connectivity index is 2.21. The minimum atomic E-state index is -1.73. The molecule has 0 aliphatic heterocycles. The van der Waals surface area contributed by atoms with Crippen LogP contribution in [-0.2, 0) is 10.8 Å². The highest BCUT2D eigenvalue weighted by Crippen LogP contribution is 2.43. The Labute approximate surface area is 122 Å². The van der Waals surface area contributed by atoms with Crippen molar-refractivity contribution in [3.8, 4) is 0 Å². The van der Waals surface area contributed by atoms with E-state index in [1.54, 1.807) is 0 Å². The molecular weight excluding hydrogens is 266 g/mol. The Morgan fingerprint density at radius 2 is 2.05 bits per heavy atom. The summed E-state index contributed by atoms with van der Waals surface area (Å²) >= 11 is 0. The van der Waals surface area contributed by atoms with Crippen LogP contribution in [0, 0.1) is 0 Å². The second kappa shape index (κ2) is 5.33. The summed E-state index contributed by atoms with van der Waals surface area (Å²) in [6.07, 6.45) is 3.80. The molecule has 3 nitrogen and oxygen atoms in total. The SMILES string of the molecule is CC(C)(C)[Si](C)(C)OC1CCc2cc(/C=N/O)ccc21. The predicted octanol–water partition coefficient (Wildman–Crippen LogP) is 4.50. The van der Waals surface area contributed by atoms with Crippen molar-refractivity contribution < 1.29 is 9.63 Å². The van der Waals surface area contributed by atoms with Crippen LogP contribution in [0.15, 0.2) is 23.4 Å². The molecule has 20 heavy (non-hydrogen) atoms. The number of hydrogen-bond acceptors (Lipinski definition) is 3. The summed E-state index contributed by atoms with van der Waals surface area (Å²) in [6, 6.07) is 6.22. The summed E-state index contributed by atoms with van der Waals surface area (Å²) < 4.78 is 6.55. The van der Waals surface area contributed by atoms with E-state index in [2.05, 4.69) is 51.2 Å². The molecule has 2 rings (SSSR count). The fourth-order valence-electron chi connectivity index (χ4n) is 2.40. The third-order valence-corrected chi connectivity index (χ3v) is 9.13. The van der Waals surface area contributed by atoms with Crippen molar-refractivity contribution in [1.29, 1.82) is 0 Å². The Bertz CT molecular complexity index is 518. The number of rotatable bonds is 3. The Kier molecular flexibility index (Phi) is 4.07. The highest BCUT2D eigenvalue weighted by Gasteiger charge is 2.40. The first-order valence-electron chi connectivity index (χ1n) is 7.23. The third-order valence-electron chi connectivity index (χ3n) is 4.64. The number of nitrogens with zero attached hydrogens (tertiary/aromatic N) is 1. The highest BCUT2D eigenvalue weighted by atomic mass is 28.4. The monoisotopic (exact) mass is 291 g/mol. The maximum Gasteiger partial charge on any atom is 0.192 e. The van der Waals surface area contributed by atoms with Gasteiger partial charge in [-0.1, -0.05) is 38.1 Å². The van der Waals surface area contributed by atoms with E-state index in [0.717, 1.165) is 18.4 Å². The molecule has 4 heteroatoms. The van der Waals surface area contributed by atoms with Crippen LogP contribution < -0.4 is 0 Å². The number of aryl methyl sites for hydroxylation is 1. The van der Waals surface area contributed by atoms with Crippen LogP contribution in [0.4, 0.5) is 0 Å². The van der Waals surface area contributed by atoms with Gasteiger partial charge in [-0.25, -0.2) is 0 Å². The lowest BCUT2D eigenvalue weighted by Gasteiger charge is -2.38. The molecule has 1 aromatic rings. The predicted molar refractivity (Wildman–Crippen MR) is 85.2 cm³/mol. The zero-order valence-electron chi connectivity index (χ0n) is 13.1. The van der Waals surface area contributed by atoms with Gasteiger partial charge < -0.3 is 9.63 Å².